The van der Waals surface area contributed by atoms with Crippen LogP contribution in [0.1, 0.15) is 50.1 Å². The molecule has 0 aliphatic carbocycles. The van der Waals surface area contributed by atoms with Gasteiger partial charge in [-0.2, -0.15) is 0 Å². The largest absolute Gasteiger partial charge is 0.480 e. The zero-order valence-corrected chi connectivity index (χ0v) is 13.5. The number of hydrogen-bond acceptors (Lipinski definition) is 3. The Bertz CT molecular complexity index is 527. The van der Waals surface area contributed by atoms with Crippen molar-refractivity contribution in [3.63, 3.8) is 0 Å². The Morgan fingerprint density at radius 2 is 2.19 bits per heavy atom. The normalized spacial score (nSPS) is 22.0. The highest BCUT2D eigenvalue weighted by Crippen LogP contribution is 2.33. The Morgan fingerprint density at radius 1 is 1.48 bits per heavy atom. The summed E-state index contributed by atoms with van der Waals surface area (Å²) in [7, 11) is 0. The number of thioether (sulfide) groups is 1. The maximum Gasteiger partial charge on any atom is 0.327 e. The molecule has 1 saturated heterocycles. The highest BCUT2D eigenvalue weighted by molar-refractivity contribution is 8.00. The lowest BCUT2D eigenvalue weighted by molar-refractivity contribution is -0.141. The van der Waals surface area contributed by atoms with Crippen LogP contribution in [0.25, 0.3) is 0 Å². The van der Waals surface area contributed by atoms with E-state index in [-0.39, 0.29) is 17.3 Å². The summed E-state index contributed by atoms with van der Waals surface area (Å²) in [6, 6.07) is 3.05. The maximum absolute atomic E-state index is 12.9. The summed E-state index contributed by atoms with van der Waals surface area (Å²) < 4.78 is 1.90. The van der Waals surface area contributed by atoms with Gasteiger partial charge in [-0.05, 0) is 32.4 Å². The van der Waals surface area contributed by atoms with Crippen LogP contribution < -0.4 is 0 Å². The number of aliphatic carboxylic acids is 1. The van der Waals surface area contributed by atoms with Crippen LogP contribution in [0.4, 0.5) is 0 Å². The molecule has 0 bridgehead atoms. The first kappa shape index (κ1) is 15.9. The molecular formula is C15H22N2O3S. The summed E-state index contributed by atoms with van der Waals surface area (Å²) in [5.41, 5.74) is 0.569. The molecular weight excluding hydrogens is 288 g/mol. The number of carbonyl (C=O) groups excluding carboxylic acids is 1. The quantitative estimate of drug-likeness (QED) is 0.908. The molecule has 1 aliphatic heterocycles. The highest BCUT2D eigenvalue weighted by Gasteiger charge is 2.42. The Hall–Kier alpha value is -1.43. The molecule has 5 nitrogen and oxygen atoms in total. The number of amides is 1. The molecule has 2 atom stereocenters. The van der Waals surface area contributed by atoms with Crippen LogP contribution in [0.5, 0.6) is 0 Å². The lowest BCUT2D eigenvalue weighted by Gasteiger charge is -2.28. The molecule has 0 saturated carbocycles. The van der Waals surface area contributed by atoms with Crippen molar-refractivity contribution in [2.24, 2.45) is 0 Å². The van der Waals surface area contributed by atoms with Crippen molar-refractivity contribution in [2.75, 3.05) is 5.75 Å². The topological polar surface area (TPSA) is 62.5 Å². The average molecular weight is 310 g/mol. The number of rotatable bonds is 5. The fraction of sp³-hybridized carbons (Fsp3) is 0.600. The van der Waals surface area contributed by atoms with Gasteiger partial charge < -0.3 is 14.6 Å². The van der Waals surface area contributed by atoms with Gasteiger partial charge in [0, 0.05) is 18.0 Å². The van der Waals surface area contributed by atoms with Crippen molar-refractivity contribution in [3.05, 3.63) is 24.0 Å². The minimum absolute atomic E-state index is 0.0425. The third kappa shape index (κ3) is 3.10. The van der Waals surface area contributed by atoms with Crippen LogP contribution >= 0.6 is 11.8 Å². The third-order valence-electron chi connectivity index (χ3n) is 3.70. The lowest BCUT2D eigenvalue weighted by Crippen LogP contribution is -2.46. The minimum Gasteiger partial charge on any atom is -0.480 e. The van der Waals surface area contributed by atoms with E-state index in [0.29, 0.717) is 11.4 Å². The van der Waals surface area contributed by atoms with Crippen LogP contribution in [-0.4, -0.2) is 43.6 Å². The molecule has 1 aromatic heterocycles. The predicted octanol–water partition coefficient (Wildman–Crippen LogP) is 2.84. The summed E-state index contributed by atoms with van der Waals surface area (Å²) in [5, 5.41) is 9.34. The van der Waals surface area contributed by atoms with Gasteiger partial charge in [-0.3, -0.25) is 4.79 Å². The van der Waals surface area contributed by atoms with Crippen LogP contribution in [0.15, 0.2) is 18.3 Å². The van der Waals surface area contributed by atoms with Gasteiger partial charge in [-0.25, -0.2) is 4.79 Å². The molecule has 1 aliphatic rings. The van der Waals surface area contributed by atoms with E-state index < -0.39 is 12.0 Å². The van der Waals surface area contributed by atoms with E-state index in [4.69, 9.17) is 0 Å². The van der Waals surface area contributed by atoms with Crippen LogP contribution in [0, 0.1) is 0 Å². The average Bonchev–Trinajstić information content (AvgIpc) is 3.04. The number of carboxylic acid groups (broad SMARTS) is 1. The van der Waals surface area contributed by atoms with Crippen molar-refractivity contribution in [3.8, 4) is 0 Å². The summed E-state index contributed by atoms with van der Waals surface area (Å²) in [6.07, 6.45) is 3.62. The first-order valence-electron chi connectivity index (χ1n) is 7.31. The third-order valence-corrected chi connectivity index (χ3v) is 5.06. The SMILES string of the molecule is CCCC1SCC(C(=O)O)N1C(=O)c1cccn1C(C)C. The van der Waals surface area contributed by atoms with Gasteiger partial charge in [0.2, 0.25) is 0 Å². The smallest absolute Gasteiger partial charge is 0.327 e. The number of nitrogens with zero attached hydrogens (tertiary/aromatic N) is 2. The van der Waals surface area contributed by atoms with Gasteiger partial charge in [0.15, 0.2) is 0 Å². The molecule has 0 aromatic carbocycles. The van der Waals surface area contributed by atoms with Gasteiger partial charge >= 0.3 is 5.97 Å². The van der Waals surface area contributed by atoms with E-state index >= 15 is 0 Å². The zero-order chi connectivity index (χ0) is 15.6. The lowest BCUT2D eigenvalue weighted by atomic mass is 10.2. The summed E-state index contributed by atoms with van der Waals surface area (Å²) in [4.78, 5) is 25.9. The first-order chi connectivity index (χ1) is 9.97. The first-order valence-corrected chi connectivity index (χ1v) is 8.36. The molecule has 1 fully saturated rings. The van der Waals surface area contributed by atoms with Crippen LogP contribution in [-0.2, 0) is 4.79 Å². The van der Waals surface area contributed by atoms with E-state index in [2.05, 4.69) is 0 Å². The maximum atomic E-state index is 12.9. The van der Waals surface area contributed by atoms with E-state index in [1.165, 1.54) is 0 Å². The van der Waals surface area contributed by atoms with Crippen molar-refractivity contribution < 1.29 is 14.7 Å². The fourth-order valence-corrected chi connectivity index (χ4v) is 4.17. The molecule has 21 heavy (non-hydrogen) atoms. The fourth-order valence-electron chi connectivity index (χ4n) is 2.65. The molecule has 1 amide bonds. The van der Waals surface area contributed by atoms with E-state index in [9.17, 15) is 14.7 Å². The van der Waals surface area contributed by atoms with Crippen molar-refractivity contribution in [2.45, 2.75) is 51.1 Å². The molecule has 2 unspecified atom stereocenters. The van der Waals surface area contributed by atoms with E-state index in [1.54, 1.807) is 22.7 Å². The zero-order valence-electron chi connectivity index (χ0n) is 12.7. The minimum atomic E-state index is -0.919. The molecule has 1 N–H and O–H groups in total. The second-order valence-electron chi connectivity index (χ2n) is 5.54. The number of carboxylic acids is 1. The molecule has 116 valence electrons. The highest BCUT2D eigenvalue weighted by atomic mass is 32.2. The molecule has 2 rings (SSSR count). The van der Waals surface area contributed by atoms with Crippen LogP contribution in [0.3, 0.4) is 0 Å². The molecule has 1 aromatic rings. The summed E-state index contributed by atoms with van der Waals surface area (Å²) in [5.74, 6) is -0.629. The molecule has 2 heterocycles. The molecule has 0 spiro atoms. The molecule has 0 radical (unpaired) electrons. The Kier molecular flexibility index (Phi) is 4.98. The van der Waals surface area contributed by atoms with Gasteiger partial charge in [0.05, 0.1) is 5.37 Å². The van der Waals surface area contributed by atoms with Gasteiger partial charge in [0.1, 0.15) is 11.7 Å². The Labute approximate surface area is 129 Å². The van der Waals surface area contributed by atoms with Crippen LogP contribution in [0.2, 0.25) is 0 Å². The molecule has 6 heteroatoms. The van der Waals surface area contributed by atoms with Gasteiger partial charge in [-0.1, -0.05) is 13.3 Å². The summed E-state index contributed by atoms with van der Waals surface area (Å²) >= 11 is 1.57. The predicted molar refractivity (Wildman–Crippen MR) is 83.6 cm³/mol. The standard InChI is InChI=1S/C15H22N2O3S/c1-4-6-13-17(12(9-21-13)15(19)20)14(18)11-7-5-8-16(11)10(2)3/h5,7-8,10,12-13H,4,6,9H2,1-3H3,(H,19,20). The van der Waals surface area contributed by atoms with Gasteiger partial charge in [-0.15, -0.1) is 11.8 Å². The number of aromatic nitrogens is 1. The number of carbonyl (C=O) groups is 2. The Balaban J connectivity index is 2.32. The number of hydrogen-bond donors (Lipinski definition) is 1. The van der Waals surface area contributed by atoms with Crippen molar-refractivity contribution >= 4 is 23.6 Å². The van der Waals surface area contributed by atoms with E-state index in [0.717, 1.165) is 12.8 Å². The summed E-state index contributed by atoms with van der Waals surface area (Å²) in [6.45, 7) is 6.07. The second-order valence-corrected chi connectivity index (χ2v) is 6.75. The van der Waals surface area contributed by atoms with Crippen molar-refractivity contribution in [1.82, 2.24) is 9.47 Å². The second kappa shape index (κ2) is 6.56. The van der Waals surface area contributed by atoms with Crippen molar-refractivity contribution in [1.29, 1.82) is 0 Å². The van der Waals surface area contributed by atoms with Gasteiger partial charge in [0.25, 0.3) is 5.91 Å². The van der Waals surface area contributed by atoms with E-state index in [1.807, 2.05) is 37.6 Å². The monoisotopic (exact) mass is 310 g/mol. The Morgan fingerprint density at radius 3 is 2.76 bits per heavy atom.